The summed E-state index contributed by atoms with van der Waals surface area (Å²) in [5, 5.41) is 8.56. The molecule has 1 rings (SSSR count). The third-order valence-corrected chi connectivity index (χ3v) is 1.47. The second kappa shape index (κ2) is 3.27. The van der Waals surface area contributed by atoms with Crippen molar-refractivity contribution in [2.45, 2.75) is 6.92 Å². The van der Waals surface area contributed by atoms with Crippen LogP contribution in [0.15, 0.2) is 24.3 Å². The molecule has 0 saturated heterocycles. The van der Waals surface area contributed by atoms with Crippen LogP contribution in [-0.2, 0) is 0 Å². The molecule has 11 heavy (non-hydrogen) atoms. The molecule has 0 saturated carbocycles. The zero-order valence-electron chi connectivity index (χ0n) is 6.24. The number of carbonyl (C=O) groups is 1. The van der Waals surface area contributed by atoms with Gasteiger partial charge in [0.2, 0.25) is 0 Å². The van der Waals surface area contributed by atoms with Crippen LogP contribution >= 0.6 is 0 Å². The van der Waals surface area contributed by atoms with E-state index in [1.54, 1.807) is 24.3 Å². The zero-order valence-corrected chi connectivity index (χ0v) is 6.24. The number of ketones is 1. The van der Waals surface area contributed by atoms with E-state index in [4.69, 9.17) is 5.21 Å². The van der Waals surface area contributed by atoms with Crippen molar-refractivity contribution < 1.29 is 15.5 Å². The molecule has 0 fully saturated rings. The van der Waals surface area contributed by atoms with Crippen LogP contribution in [0.1, 0.15) is 17.3 Å². The average Bonchev–Trinajstić information content (AvgIpc) is 2.05. The van der Waals surface area contributed by atoms with E-state index < -0.39 is 0 Å². The highest BCUT2D eigenvalue weighted by molar-refractivity contribution is 5.94. The molecule has 0 aliphatic rings. The van der Waals surface area contributed by atoms with Crippen LogP contribution < -0.4 is 5.48 Å². The summed E-state index contributed by atoms with van der Waals surface area (Å²) in [5.74, 6) is 0.0366. The van der Waals surface area contributed by atoms with E-state index in [-0.39, 0.29) is 5.78 Å². The molecule has 0 aromatic heterocycles. The van der Waals surface area contributed by atoms with Crippen molar-refractivity contribution >= 4 is 11.5 Å². The number of hydrogen-bond acceptors (Lipinski definition) is 2. The minimum Gasteiger partial charge on any atom is -0.295 e. The Morgan fingerprint density at radius 3 is 2.27 bits per heavy atom. The van der Waals surface area contributed by atoms with Crippen molar-refractivity contribution in [2.75, 3.05) is 0 Å². The molecule has 0 spiro atoms. The molecule has 0 atom stereocenters. The molecule has 0 aliphatic carbocycles. The molecule has 1 aromatic rings. The number of nitrogens with two attached hydrogens (primary N) is 1. The Balaban J connectivity index is 2.91. The molecule has 0 heterocycles. The van der Waals surface area contributed by atoms with Gasteiger partial charge in [-0.25, -0.2) is 5.21 Å². The highest BCUT2D eigenvalue weighted by atomic mass is 16.5. The summed E-state index contributed by atoms with van der Waals surface area (Å²) < 4.78 is 0. The van der Waals surface area contributed by atoms with Crippen LogP contribution in [0.3, 0.4) is 0 Å². The molecule has 0 amide bonds. The Labute approximate surface area is 64.6 Å². The standard InChI is InChI=1S/C8H9NO2/c1-6(10)7-2-4-8(9-11)5-3-7/h2-5,9,11H,1H3/p+1. The van der Waals surface area contributed by atoms with E-state index >= 15 is 0 Å². The van der Waals surface area contributed by atoms with Gasteiger partial charge in [-0.3, -0.25) is 4.79 Å². The second-order valence-corrected chi connectivity index (χ2v) is 2.31. The Morgan fingerprint density at radius 1 is 1.36 bits per heavy atom. The van der Waals surface area contributed by atoms with Crippen molar-refractivity contribution in [3.8, 4) is 0 Å². The Bertz CT molecular complexity index is 253. The van der Waals surface area contributed by atoms with E-state index in [1.165, 1.54) is 6.92 Å². The number of quaternary nitrogens is 1. The van der Waals surface area contributed by atoms with E-state index in [0.29, 0.717) is 11.3 Å². The Kier molecular flexibility index (Phi) is 2.36. The first kappa shape index (κ1) is 7.91. The minimum absolute atomic E-state index is 0.0366. The number of rotatable bonds is 2. The molecule has 0 bridgehead atoms. The second-order valence-electron chi connectivity index (χ2n) is 2.31. The average molecular weight is 152 g/mol. The zero-order chi connectivity index (χ0) is 8.27. The molecular weight excluding hydrogens is 142 g/mol. The third-order valence-electron chi connectivity index (χ3n) is 1.47. The van der Waals surface area contributed by atoms with E-state index in [0.717, 1.165) is 5.48 Å². The van der Waals surface area contributed by atoms with Gasteiger partial charge in [0.25, 0.3) is 0 Å². The first-order chi connectivity index (χ1) is 5.24. The highest BCUT2D eigenvalue weighted by Gasteiger charge is 1.98. The fourth-order valence-corrected chi connectivity index (χ4v) is 0.804. The minimum atomic E-state index is 0.0366. The summed E-state index contributed by atoms with van der Waals surface area (Å²) in [6, 6.07) is 6.75. The Hall–Kier alpha value is -1.19. The van der Waals surface area contributed by atoms with Gasteiger partial charge >= 0.3 is 0 Å². The maximum Gasteiger partial charge on any atom is 0.161 e. The van der Waals surface area contributed by atoms with Gasteiger partial charge < -0.3 is 0 Å². The van der Waals surface area contributed by atoms with Gasteiger partial charge in [0.05, 0.1) is 0 Å². The molecule has 1 aromatic carbocycles. The van der Waals surface area contributed by atoms with E-state index in [9.17, 15) is 4.79 Å². The normalized spacial score (nSPS) is 9.64. The predicted octanol–water partition coefficient (Wildman–Crippen LogP) is 0.473. The molecule has 3 heteroatoms. The Morgan fingerprint density at radius 2 is 1.91 bits per heavy atom. The number of carbonyl (C=O) groups excluding carboxylic acids is 1. The first-order valence-electron chi connectivity index (χ1n) is 3.32. The lowest BCUT2D eigenvalue weighted by Gasteiger charge is -1.94. The first-order valence-corrected chi connectivity index (χ1v) is 3.32. The predicted molar refractivity (Wildman–Crippen MR) is 39.8 cm³/mol. The van der Waals surface area contributed by atoms with Crippen LogP contribution in [0.2, 0.25) is 0 Å². The van der Waals surface area contributed by atoms with Gasteiger partial charge in [-0.05, 0) is 19.1 Å². The maximum absolute atomic E-state index is 10.8. The van der Waals surface area contributed by atoms with Crippen LogP contribution in [0.5, 0.6) is 0 Å². The fraction of sp³-hybridized carbons (Fsp3) is 0.125. The SMILES string of the molecule is CC(=O)c1ccc([NH2+]O)cc1. The molecule has 0 radical (unpaired) electrons. The smallest absolute Gasteiger partial charge is 0.161 e. The number of hydrogen-bond donors (Lipinski definition) is 2. The molecule has 0 aliphatic heterocycles. The summed E-state index contributed by atoms with van der Waals surface area (Å²) in [4.78, 5) is 10.8. The molecule has 58 valence electrons. The molecule has 3 nitrogen and oxygen atoms in total. The van der Waals surface area contributed by atoms with Crippen molar-refractivity contribution in [1.29, 1.82) is 0 Å². The molecule has 0 unspecified atom stereocenters. The topological polar surface area (TPSA) is 53.9 Å². The monoisotopic (exact) mass is 152 g/mol. The number of Topliss-reactive ketones (excluding diaryl/α,β-unsaturated/α-hetero) is 1. The van der Waals surface area contributed by atoms with Crippen LogP contribution in [0.25, 0.3) is 0 Å². The van der Waals surface area contributed by atoms with Crippen LogP contribution in [0.4, 0.5) is 5.69 Å². The van der Waals surface area contributed by atoms with Gasteiger partial charge in [0, 0.05) is 17.7 Å². The van der Waals surface area contributed by atoms with Gasteiger partial charge in [-0.1, -0.05) is 0 Å². The summed E-state index contributed by atoms with van der Waals surface area (Å²) in [7, 11) is 0. The lowest BCUT2D eigenvalue weighted by molar-refractivity contribution is -0.825. The summed E-state index contributed by atoms with van der Waals surface area (Å²) in [6.45, 7) is 1.51. The molecular formula is C8H10NO2+. The van der Waals surface area contributed by atoms with E-state index in [2.05, 4.69) is 0 Å². The van der Waals surface area contributed by atoms with Crippen LogP contribution in [-0.4, -0.2) is 11.0 Å². The summed E-state index contributed by atoms with van der Waals surface area (Å²) in [6.07, 6.45) is 0. The van der Waals surface area contributed by atoms with Gasteiger partial charge in [-0.2, -0.15) is 5.48 Å². The lowest BCUT2D eigenvalue weighted by Crippen LogP contribution is -2.73. The number of benzene rings is 1. The van der Waals surface area contributed by atoms with Gasteiger partial charge in [0.1, 0.15) is 0 Å². The fourth-order valence-electron chi connectivity index (χ4n) is 0.804. The third kappa shape index (κ3) is 1.86. The summed E-state index contributed by atoms with van der Waals surface area (Å²) >= 11 is 0. The quantitative estimate of drug-likeness (QED) is 0.368. The highest BCUT2D eigenvalue weighted by Crippen LogP contribution is 2.04. The van der Waals surface area contributed by atoms with Crippen LogP contribution in [0, 0.1) is 0 Å². The maximum atomic E-state index is 10.8. The summed E-state index contributed by atoms with van der Waals surface area (Å²) in [5.41, 5.74) is 2.37. The van der Waals surface area contributed by atoms with E-state index in [1.807, 2.05) is 0 Å². The largest absolute Gasteiger partial charge is 0.295 e. The lowest BCUT2D eigenvalue weighted by atomic mass is 10.1. The van der Waals surface area contributed by atoms with Gasteiger partial charge in [0.15, 0.2) is 11.5 Å². The van der Waals surface area contributed by atoms with Crippen molar-refractivity contribution in [3.05, 3.63) is 29.8 Å². The molecule has 3 N–H and O–H groups in total. The van der Waals surface area contributed by atoms with Crippen molar-refractivity contribution in [1.82, 2.24) is 0 Å². The van der Waals surface area contributed by atoms with Crippen molar-refractivity contribution in [3.63, 3.8) is 0 Å². The van der Waals surface area contributed by atoms with Crippen molar-refractivity contribution in [2.24, 2.45) is 0 Å². The van der Waals surface area contributed by atoms with Gasteiger partial charge in [-0.15, -0.1) is 0 Å².